The zero-order valence-corrected chi connectivity index (χ0v) is 13.6. The van der Waals surface area contributed by atoms with Crippen LogP contribution in [0.3, 0.4) is 0 Å². The van der Waals surface area contributed by atoms with Crippen LogP contribution >= 0.6 is 11.6 Å². The van der Waals surface area contributed by atoms with Crippen LogP contribution in [0.5, 0.6) is 0 Å². The van der Waals surface area contributed by atoms with Gasteiger partial charge in [-0.15, -0.1) is 0 Å². The summed E-state index contributed by atoms with van der Waals surface area (Å²) in [6.45, 7) is 0.815. The highest BCUT2D eigenvalue weighted by Gasteiger charge is 2.55. The standard InChI is InChI=1S/C18H25ClFN/c1-21-13-18(16-14(19)7-6-8-15(16)20)11-17(12-18)9-4-2-3-5-10-17/h6-8,21H,2-5,9-13H2,1H3. The normalized spacial score (nSPS) is 23.6. The van der Waals surface area contributed by atoms with E-state index < -0.39 is 0 Å². The maximum atomic E-state index is 14.4. The van der Waals surface area contributed by atoms with Gasteiger partial charge in [0.05, 0.1) is 0 Å². The summed E-state index contributed by atoms with van der Waals surface area (Å²) in [5, 5.41) is 3.87. The average Bonchev–Trinajstić information content (AvgIpc) is 2.64. The lowest BCUT2D eigenvalue weighted by atomic mass is 9.48. The molecule has 0 bridgehead atoms. The Morgan fingerprint density at radius 1 is 1.14 bits per heavy atom. The van der Waals surface area contributed by atoms with E-state index in [1.54, 1.807) is 12.1 Å². The molecule has 2 saturated carbocycles. The average molecular weight is 310 g/mol. The molecule has 2 aliphatic carbocycles. The summed E-state index contributed by atoms with van der Waals surface area (Å²) in [6.07, 6.45) is 10.2. The van der Waals surface area contributed by atoms with Crippen molar-refractivity contribution in [3.8, 4) is 0 Å². The molecule has 0 unspecified atom stereocenters. The molecule has 0 atom stereocenters. The van der Waals surface area contributed by atoms with E-state index in [1.807, 2.05) is 13.1 Å². The molecular formula is C18H25ClFN. The molecule has 0 aliphatic heterocycles. The fraction of sp³-hybridized carbons (Fsp3) is 0.667. The highest BCUT2D eigenvalue weighted by molar-refractivity contribution is 6.31. The fourth-order valence-electron chi connectivity index (χ4n) is 4.95. The summed E-state index contributed by atoms with van der Waals surface area (Å²) in [6, 6.07) is 5.08. The Bertz CT molecular complexity index is 478. The second-order valence-electron chi connectivity index (χ2n) is 7.18. The largest absolute Gasteiger partial charge is 0.319 e. The van der Waals surface area contributed by atoms with Gasteiger partial charge in [-0.05, 0) is 50.3 Å². The number of likely N-dealkylation sites (N-methyl/N-ethyl adjacent to an activating group) is 1. The van der Waals surface area contributed by atoms with Gasteiger partial charge in [0, 0.05) is 22.5 Å². The van der Waals surface area contributed by atoms with E-state index >= 15 is 0 Å². The van der Waals surface area contributed by atoms with Crippen molar-refractivity contribution in [3.05, 3.63) is 34.6 Å². The van der Waals surface area contributed by atoms with Gasteiger partial charge >= 0.3 is 0 Å². The van der Waals surface area contributed by atoms with Crippen LogP contribution in [0.1, 0.15) is 56.9 Å². The molecule has 0 heterocycles. The van der Waals surface area contributed by atoms with E-state index in [0.29, 0.717) is 10.4 Å². The molecule has 116 valence electrons. The monoisotopic (exact) mass is 309 g/mol. The van der Waals surface area contributed by atoms with Crippen LogP contribution < -0.4 is 5.32 Å². The first-order chi connectivity index (χ1) is 10.1. The van der Waals surface area contributed by atoms with E-state index in [2.05, 4.69) is 5.32 Å². The predicted octanol–water partition coefficient (Wildman–Crippen LogP) is 5.07. The molecule has 3 rings (SSSR count). The molecule has 0 aromatic heterocycles. The number of hydrogen-bond donors (Lipinski definition) is 1. The van der Waals surface area contributed by atoms with Crippen molar-refractivity contribution >= 4 is 11.6 Å². The maximum Gasteiger partial charge on any atom is 0.128 e. The molecule has 2 aliphatic rings. The molecule has 0 saturated heterocycles. The minimum absolute atomic E-state index is 0.110. The first-order valence-electron chi connectivity index (χ1n) is 8.20. The minimum atomic E-state index is -0.138. The second-order valence-corrected chi connectivity index (χ2v) is 7.58. The van der Waals surface area contributed by atoms with Crippen LogP contribution in [0.4, 0.5) is 4.39 Å². The minimum Gasteiger partial charge on any atom is -0.319 e. The van der Waals surface area contributed by atoms with Crippen molar-refractivity contribution in [1.29, 1.82) is 0 Å². The van der Waals surface area contributed by atoms with Gasteiger partial charge in [0.2, 0.25) is 0 Å². The van der Waals surface area contributed by atoms with Crippen LogP contribution in [-0.2, 0) is 5.41 Å². The topological polar surface area (TPSA) is 12.0 Å². The number of nitrogens with one attached hydrogen (secondary N) is 1. The van der Waals surface area contributed by atoms with E-state index in [-0.39, 0.29) is 11.2 Å². The Labute approximate surface area is 132 Å². The van der Waals surface area contributed by atoms with Crippen LogP contribution in [-0.4, -0.2) is 13.6 Å². The highest BCUT2D eigenvalue weighted by Crippen LogP contribution is 2.62. The van der Waals surface area contributed by atoms with Gasteiger partial charge in [-0.2, -0.15) is 0 Å². The van der Waals surface area contributed by atoms with E-state index in [4.69, 9.17) is 11.6 Å². The van der Waals surface area contributed by atoms with Crippen LogP contribution in [0.2, 0.25) is 5.02 Å². The first kappa shape index (κ1) is 15.3. The lowest BCUT2D eigenvalue weighted by Crippen LogP contribution is -2.54. The maximum absolute atomic E-state index is 14.4. The summed E-state index contributed by atoms with van der Waals surface area (Å²) in [7, 11) is 1.95. The molecule has 0 radical (unpaired) electrons. The van der Waals surface area contributed by atoms with Crippen molar-refractivity contribution in [2.24, 2.45) is 5.41 Å². The van der Waals surface area contributed by atoms with Crippen molar-refractivity contribution < 1.29 is 4.39 Å². The van der Waals surface area contributed by atoms with E-state index in [1.165, 1.54) is 38.5 Å². The molecule has 0 amide bonds. The summed E-state index contributed by atoms with van der Waals surface area (Å²) in [5.74, 6) is -0.138. The molecule has 1 aromatic carbocycles. The van der Waals surface area contributed by atoms with Gasteiger partial charge in [0.15, 0.2) is 0 Å². The van der Waals surface area contributed by atoms with E-state index in [0.717, 1.165) is 24.9 Å². The highest BCUT2D eigenvalue weighted by atomic mass is 35.5. The first-order valence-corrected chi connectivity index (χ1v) is 8.58. The third kappa shape index (κ3) is 2.73. The zero-order chi connectivity index (χ0) is 14.9. The molecule has 2 fully saturated rings. The molecule has 1 N–H and O–H groups in total. The van der Waals surface area contributed by atoms with Gasteiger partial charge in [-0.25, -0.2) is 4.39 Å². The summed E-state index contributed by atoms with van der Waals surface area (Å²) in [4.78, 5) is 0. The van der Waals surface area contributed by atoms with Crippen molar-refractivity contribution in [1.82, 2.24) is 5.32 Å². The van der Waals surface area contributed by atoms with Crippen LogP contribution in [0, 0.1) is 11.2 Å². The third-order valence-corrected chi connectivity index (χ3v) is 5.91. The number of hydrogen-bond acceptors (Lipinski definition) is 1. The lowest BCUT2D eigenvalue weighted by Gasteiger charge is -2.57. The number of rotatable bonds is 3. The smallest absolute Gasteiger partial charge is 0.128 e. The fourth-order valence-corrected chi connectivity index (χ4v) is 5.31. The predicted molar refractivity (Wildman–Crippen MR) is 86.4 cm³/mol. The zero-order valence-electron chi connectivity index (χ0n) is 12.9. The summed E-state index contributed by atoms with van der Waals surface area (Å²) < 4.78 is 14.4. The van der Waals surface area contributed by atoms with Gasteiger partial charge in [0.25, 0.3) is 0 Å². The SMILES string of the molecule is CNCC1(c2c(F)cccc2Cl)CC2(CCCCCC2)C1. The quantitative estimate of drug-likeness (QED) is 0.822. The van der Waals surface area contributed by atoms with Crippen molar-refractivity contribution in [2.45, 2.75) is 56.8 Å². The summed E-state index contributed by atoms with van der Waals surface area (Å²) >= 11 is 6.35. The van der Waals surface area contributed by atoms with E-state index in [9.17, 15) is 4.39 Å². The Hall–Kier alpha value is -0.600. The van der Waals surface area contributed by atoms with Crippen LogP contribution in [0.15, 0.2) is 18.2 Å². The van der Waals surface area contributed by atoms with Crippen LogP contribution in [0.25, 0.3) is 0 Å². The molecule has 1 spiro atoms. The summed E-state index contributed by atoms with van der Waals surface area (Å²) in [5.41, 5.74) is 1.08. The Kier molecular flexibility index (Phi) is 4.29. The molecule has 21 heavy (non-hydrogen) atoms. The van der Waals surface area contributed by atoms with Gasteiger partial charge in [-0.3, -0.25) is 0 Å². The Morgan fingerprint density at radius 2 is 1.81 bits per heavy atom. The van der Waals surface area contributed by atoms with Gasteiger partial charge in [-0.1, -0.05) is 43.4 Å². The van der Waals surface area contributed by atoms with Crippen molar-refractivity contribution in [3.63, 3.8) is 0 Å². The lowest BCUT2D eigenvalue weighted by molar-refractivity contribution is 0.00528. The van der Waals surface area contributed by atoms with Gasteiger partial charge < -0.3 is 5.32 Å². The number of benzene rings is 1. The molecule has 1 aromatic rings. The second kappa shape index (κ2) is 5.89. The van der Waals surface area contributed by atoms with Crippen molar-refractivity contribution in [2.75, 3.05) is 13.6 Å². The molecule has 3 heteroatoms. The third-order valence-electron chi connectivity index (χ3n) is 5.60. The molecule has 1 nitrogen and oxygen atoms in total. The van der Waals surface area contributed by atoms with Gasteiger partial charge in [0.1, 0.15) is 5.82 Å². The Morgan fingerprint density at radius 3 is 2.38 bits per heavy atom. The molecular weight excluding hydrogens is 285 g/mol. The number of halogens is 2. The Balaban J connectivity index is 1.89.